The number of carbonyl (C=O) groups is 3. The Labute approximate surface area is 235 Å². The van der Waals surface area contributed by atoms with Gasteiger partial charge in [-0.2, -0.15) is 0 Å². The van der Waals surface area contributed by atoms with Gasteiger partial charge in [-0.1, -0.05) is 47.5 Å². The molecule has 2 amide bonds. The summed E-state index contributed by atoms with van der Waals surface area (Å²) in [6, 6.07) is 12.4. The van der Waals surface area contributed by atoms with E-state index >= 15 is 0 Å². The molecule has 1 aromatic heterocycles. The Balaban J connectivity index is 1.36. The number of thioether (sulfide) groups is 1. The third kappa shape index (κ3) is 6.67. The lowest BCUT2D eigenvalue weighted by Gasteiger charge is -2.31. The third-order valence-electron chi connectivity index (χ3n) is 6.59. The van der Waals surface area contributed by atoms with E-state index in [0.717, 1.165) is 15.8 Å². The molecule has 10 heteroatoms. The summed E-state index contributed by atoms with van der Waals surface area (Å²) in [5, 5.41) is 14.1. The lowest BCUT2D eigenvalue weighted by molar-refractivity contribution is -0.138. The molecule has 2 aromatic carbocycles. The number of fused-ring (bicyclic) bond motifs is 1. The number of hydrogen-bond donors (Lipinski definition) is 2. The van der Waals surface area contributed by atoms with Crippen LogP contribution in [-0.4, -0.2) is 52.1 Å². The van der Waals surface area contributed by atoms with E-state index in [1.54, 1.807) is 17.2 Å². The number of hydrogen-bond acceptors (Lipinski definition) is 5. The number of rotatable bonds is 8. The van der Waals surface area contributed by atoms with Crippen LogP contribution in [0.2, 0.25) is 10.0 Å². The molecule has 1 unspecified atom stereocenters. The van der Waals surface area contributed by atoms with E-state index in [0.29, 0.717) is 47.1 Å². The maximum atomic E-state index is 13.1. The zero-order chi connectivity index (χ0) is 27.2. The summed E-state index contributed by atoms with van der Waals surface area (Å²) < 4.78 is 0. The molecule has 0 saturated carbocycles. The number of amides is 2. The molecule has 0 aliphatic carbocycles. The number of carboxylic acid groups (broad SMARTS) is 1. The lowest BCUT2D eigenvalue weighted by atomic mass is 9.94. The normalized spacial score (nSPS) is 15.1. The second-order valence-electron chi connectivity index (χ2n) is 9.04. The van der Waals surface area contributed by atoms with Crippen LogP contribution >= 0.6 is 35.0 Å². The van der Waals surface area contributed by atoms with Crippen LogP contribution < -0.4 is 5.32 Å². The van der Waals surface area contributed by atoms with E-state index in [-0.39, 0.29) is 24.2 Å². The molecule has 1 saturated heterocycles. The second kappa shape index (κ2) is 12.7. The predicted octanol–water partition coefficient (Wildman–Crippen LogP) is 5.85. The summed E-state index contributed by atoms with van der Waals surface area (Å²) >= 11 is 14.1. The Hall–Kier alpha value is -3.07. The average molecular weight is 573 g/mol. The number of carbonyl (C=O) groups excluding carboxylic acids is 2. The number of para-hydroxylation sites is 1. The highest BCUT2D eigenvalue weighted by Crippen LogP contribution is 2.35. The SMILES string of the molecule is CSc1ccc(C=CC(=O)N2CCC(C(=O)NC(CC(=O)O)c3cnc4ccccc4c3)CC2)c(Cl)c1Cl. The Morgan fingerprint density at radius 3 is 2.61 bits per heavy atom. The number of benzene rings is 2. The minimum atomic E-state index is -1.01. The molecule has 0 bridgehead atoms. The fourth-order valence-corrected chi connectivity index (χ4v) is 5.63. The third-order valence-corrected chi connectivity index (χ3v) is 8.38. The molecule has 38 heavy (non-hydrogen) atoms. The summed E-state index contributed by atoms with van der Waals surface area (Å²) in [5.41, 5.74) is 2.09. The van der Waals surface area contributed by atoms with Crippen LogP contribution in [0.25, 0.3) is 17.0 Å². The molecule has 4 rings (SSSR count). The highest BCUT2D eigenvalue weighted by atomic mass is 35.5. The van der Waals surface area contributed by atoms with Crippen molar-refractivity contribution in [2.45, 2.75) is 30.2 Å². The molecular formula is C28H27Cl2N3O4S. The standard InChI is InChI=1S/C28H27Cl2N3O4S/c1-38-23-8-6-17(26(29)27(23)30)7-9-24(34)33-12-10-18(11-13-33)28(37)32-22(15-25(35)36)20-14-19-4-2-3-5-21(19)31-16-20/h2-9,14,16,18,22H,10-13,15H2,1H3,(H,32,37)(H,35,36). The van der Waals surface area contributed by atoms with Crippen molar-refractivity contribution < 1.29 is 19.5 Å². The first-order valence-electron chi connectivity index (χ1n) is 12.1. The Kier molecular flexibility index (Phi) is 9.31. The van der Waals surface area contributed by atoms with Crippen molar-refractivity contribution in [3.63, 3.8) is 0 Å². The summed E-state index contributed by atoms with van der Waals surface area (Å²) in [6.45, 7) is 0.838. The van der Waals surface area contributed by atoms with Crippen molar-refractivity contribution in [3.05, 3.63) is 75.9 Å². The minimum absolute atomic E-state index is 0.170. The Morgan fingerprint density at radius 1 is 1.16 bits per heavy atom. The topological polar surface area (TPSA) is 99.6 Å². The molecule has 1 fully saturated rings. The van der Waals surface area contributed by atoms with Crippen LogP contribution in [0.4, 0.5) is 0 Å². The second-order valence-corrected chi connectivity index (χ2v) is 10.6. The van der Waals surface area contributed by atoms with Crippen molar-refractivity contribution in [1.82, 2.24) is 15.2 Å². The summed E-state index contributed by atoms with van der Waals surface area (Å²) in [7, 11) is 0. The van der Waals surface area contributed by atoms with Crippen LogP contribution in [0.5, 0.6) is 0 Å². The maximum absolute atomic E-state index is 13.1. The molecule has 2 N–H and O–H groups in total. The molecule has 7 nitrogen and oxygen atoms in total. The highest BCUT2D eigenvalue weighted by Gasteiger charge is 2.29. The first-order chi connectivity index (χ1) is 18.3. The van der Waals surface area contributed by atoms with E-state index in [1.807, 2.05) is 48.7 Å². The Morgan fingerprint density at radius 2 is 1.89 bits per heavy atom. The van der Waals surface area contributed by atoms with Gasteiger partial charge in [-0.15, -0.1) is 11.8 Å². The number of piperidine rings is 1. The zero-order valence-corrected chi connectivity index (χ0v) is 23.0. The number of aliphatic carboxylic acids is 1. The van der Waals surface area contributed by atoms with E-state index in [1.165, 1.54) is 17.8 Å². The number of halogens is 2. The molecule has 1 aliphatic heterocycles. The van der Waals surface area contributed by atoms with Gasteiger partial charge in [0.25, 0.3) is 0 Å². The molecule has 1 atom stereocenters. The van der Waals surface area contributed by atoms with E-state index in [4.69, 9.17) is 23.2 Å². The minimum Gasteiger partial charge on any atom is -0.481 e. The van der Waals surface area contributed by atoms with Gasteiger partial charge in [0.05, 0.1) is 28.0 Å². The van der Waals surface area contributed by atoms with Gasteiger partial charge in [0.15, 0.2) is 0 Å². The van der Waals surface area contributed by atoms with Crippen molar-refractivity contribution in [3.8, 4) is 0 Å². The number of carboxylic acids is 1. The van der Waals surface area contributed by atoms with Gasteiger partial charge in [0.2, 0.25) is 11.8 Å². The number of pyridine rings is 1. The van der Waals surface area contributed by atoms with Crippen molar-refractivity contribution in [1.29, 1.82) is 0 Å². The summed E-state index contributed by atoms with van der Waals surface area (Å²) in [6.07, 6.45) is 7.34. The van der Waals surface area contributed by atoms with Gasteiger partial charge >= 0.3 is 5.97 Å². The van der Waals surface area contributed by atoms with Crippen LogP contribution in [0.1, 0.15) is 36.4 Å². The van der Waals surface area contributed by atoms with E-state index < -0.39 is 12.0 Å². The van der Waals surface area contributed by atoms with Crippen LogP contribution in [-0.2, 0) is 14.4 Å². The quantitative estimate of drug-likeness (QED) is 0.260. The zero-order valence-electron chi connectivity index (χ0n) is 20.7. The molecule has 0 radical (unpaired) electrons. The van der Waals surface area contributed by atoms with E-state index in [2.05, 4.69) is 10.3 Å². The molecule has 2 heterocycles. The number of aromatic nitrogens is 1. The smallest absolute Gasteiger partial charge is 0.305 e. The van der Waals surface area contributed by atoms with Gasteiger partial charge in [0.1, 0.15) is 0 Å². The van der Waals surface area contributed by atoms with Gasteiger partial charge in [-0.3, -0.25) is 19.4 Å². The fraction of sp³-hybridized carbons (Fsp3) is 0.286. The van der Waals surface area contributed by atoms with Gasteiger partial charge < -0.3 is 15.3 Å². The highest BCUT2D eigenvalue weighted by molar-refractivity contribution is 7.98. The number of nitrogens with one attached hydrogen (secondary N) is 1. The first-order valence-corrected chi connectivity index (χ1v) is 14.1. The fourth-order valence-electron chi connectivity index (χ4n) is 4.46. The van der Waals surface area contributed by atoms with E-state index in [9.17, 15) is 19.5 Å². The predicted molar refractivity (Wildman–Crippen MR) is 151 cm³/mol. The monoisotopic (exact) mass is 571 g/mol. The maximum Gasteiger partial charge on any atom is 0.305 e. The molecular weight excluding hydrogens is 545 g/mol. The van der Waals surface area contributed by atoms with Crippen molar-refractivity contribution in [2.75, 3.05) is 19.3 Å². The van der Waals surface area contributed by atoms with Crippen molar-refractivity contribution in [2.24, 2.45) is 5.92 Å². The molecule has 0 spiro atoms. The molecule has 198 valence electrons. The van der Waals surface area contributed by atoms with Crippen molar-refractivity contribution >= 4 is 69.7 Å². The number of likely N-dealkylation sites (tertiary alicyclic amines) is 1. The first kappa shape index (κ1) is 28.0. The number of nitrogens with zero attached hydrogens (tertiary/aromatic N) is 2. The summed E-state index contributed by atoms with van der Waals surface area (Å²) in [5.74, 6) is -1.72. The molecule has 1 aliphatic rings. The molecule has 3 aromatic rings. The van der Waals surface area contributed by atoms with Gasteiger partial charge in [0, 0.05) is 41.6 Å². The average Bonchev–Trinajstić information content (AvgIpc) is 2.93. The Bertz CT molecular complexity index is 1390. The lowest BCUT2D eigenvalue weighted by Crippen LogP contribution is -2.43. The summed E-state index contributed by atoms with van der Waals surface area (Å²) in [4.78, 5) is 44.3. The van der Waals surface area contributed by atoms with Crippen LogP contribution in [0.3, 0.4) is 0 Å². The largest absolute Gasteiger partial charge is 0.481 e. The van der Waals surface area contributed by atoms with Gasteiger partial charge in [-0.05, 0) is 54.5 Å². The van der Waals surface area contributed by atoms with Crippen LogP contribution in [0.15, 0.2) is 59.6 Å². The van der Waals surface area contributed by atoms with Gasteiger partial charge in [-0.25, -0.2) is 0 Å². The van der Waals surface area contributed by atoms with Crippen LogP contribution in [0, 0.1) is 5.92 Å².